The lowest BCUT2D eigenvalue weighted by Gasteiger charge is -1.95. The predicted octanol–water partition coefficient (Wildman–Crippen LogP) is 1.96. The van der Waals surface area contributed by atoms with Crippen LogP contribution in [0.2, 0.25) is 0 Å². The number of hydrogen-bond donors (Lipinski definition) is 1. The molecule has 0 fully saturated rings. The fourth-order valence-corrected chi connectivity index (χ4v) is 1.98. The van der Waals surface area contributed by atoms with Crippen LogP contribution in [0.15, 0.2) is 16.7 Å². The van der Waals surface area contributed by atoms with E-state index in [2.05, 4.69) is 37.5 Å². The lowest BCUT2D eigenvalue weighted by molar-refractivity contribution is 0.378. The second-order valence-corrected chi connectivity index (χ2v) is 4.99. The molecule has 7 heteroatoms. The van der Waals surface area contributed by atoms with Crippen molar-refractivity contribution in [3.05, 3.63) is 40.7 Å². The van der Waals surface area contributed by atoms with Crippen molar-refractivity contribution in [3.8, 4) is 11.5 Å². The monoisotopic (exact) mass is 284 g/mol. The van der Waals surface area contributed by atoms with Crippen molar-refractivity contribution in [1.29, 1.82) is 0 Å². The van der Waals surface area contributed by atoms with Crippen LogP contribution in [0.4, 0.5) is 0 Å². The van der Waals surface area contributed by atoms with Gasteiger partial charge in [-0.1, -0.05) is 5.16 Å². The van der Waals surface area contributed by atoms with E-state index in [0.717, 1.165) is 23.5 Å². The van der Waals surface area contributed by atoms with Crippen LogP contribution in [0, 0.1) is 20.8 Å². The van der Waals surface area contributed by atoms with Crippen LogP contribution < -0.4 is 0 Å². The van der Waals surface area contributed by atoms with E-state index in [1.807, 2.05) is 26.0 Å². The van der Waals surface area contributed by atoms with Crippen LogP contribution in [0.25, 0.3) is 11.5 Å². The van der Waals surface area contributed by atoms with Crippen molar-refractivity contribution in [2.24, 2.45) is 0 Å². The molecule has 0 aromatic carbocycles. The molecule has 3 heterocycles. The zero-order chi connectivity index (χ0) is 14.8. The van der Waals surface area contributed by atoms with Crippen LogP contribution in [0.1, 0.15) is 28.5 Å². The van der Waals surface area contributed by atoms with E-state index >= 15 is 0 Å². The number of rotatable bonds is 4. The van der Waals surface area contributed by atoms with Gasteiger partial charge in [0.05, 0.1) is 11.4 Å². The van der Waals surface area contributed by atoms with E-state index in [0.29, 0.717) is 23.8 Å². The SMILES string of the molecule is Cc1ccc(-c2noc(CCc3n[nH]c(C)c3C)n2)nn1. The molecule has 3 aromatic heterocycles. The highest BCUT2D eigenvalue weighted by atomic mass is 16.5. The van der Waals surface area contributed by atoms with Crippen molar-refractivity contribution in [3.63, 3.8) is 0 Å². The van der Waals surface area contributed by atoms with Crippen LogP contribution in [-0.2, 0) is 12.8 Å². The van der Waals surface area contributed by atoms with Crippen LogP contribution >= 0.6 is 0 Å². The summed E-state index contributed by atoms with van der Waals surface area (Å²) < 4.78 is 5.25. The number of H-pyrrole nitrogens is 1. The minimum Gasteiger partial charge on any atom is -0.339 e. The second-order valence-electron chi connectivity index (χ2n) is 4.99. The van der Waals surface area contributed by atoms with Crippen molar-refractivity contribution < 1.29 is 4.52 Å². The molecule has 1 N–H and O–H groups in total. The Balaban J connectivity index is 1.70. The average molecular weight is 284 g/mol. The molecule has 3 aromatic rings. The van der Waals surface area contributed by atoms with E-state index in [9.17, 15) is 0 Å². The maximum atomic E-state index is 5.25. The fraction of sp³-hybridized carbons (Fsp3) is 0.357. The summed E-state index contributed by atoms with van der Waals surface area (Å²) in [5, 5.41) is 19.2. The van der Waals surface area contributed by atoms with Gasteiger partial charge in [0, 0.05) is 18.5 Å². The molecular weight excluding hydrogens is 268 g/mol. The molecule has 108 valence electrons. The molecule has 0 amide bonds. The molecule has 0 saturated carbocycles. The summed E-state index contributed by atoms with van der Waals surface area (Å²) in [6, 6.07) is 3.70. The van der Waals surface area contributed by atoms with E-state index in [1.54, 1.807) is 0 Å². The fourth-order valence-electron chi connectivity index (χ4n) is 1.98. The normalized spacial score (nSPS) is 11.0. The summed E-state index contributed by atoms with van der Waals surface area (Å²) in [7, 11) is 0. The number of aryl methyl sites for hydroxylation is 4. The molecule has 0 aliphatic heterocycles. The Hall–Kier alpha value is -2.57. The Morgan fingerprint density at radius 3 is 2.62 bits per heavy atom. The van der Waals surface area contributed by atoms with Gasteiger partial charge in [-0.05, 0) is 38.5 Å². The van der Waals surface area contributed by atoms with Crippen molar-refractivity contribution in [2.75, 3.05) is 0 Å². The standard InChI is InChI=1S/C14H16N6O/c1-8-4-5-12(19-16-8)14-15-13(21-20-14)7-6-11-9(2)10(3)17-18-11/h4-5H,6-7H2,1-3H3,(H,17,18). The number of hydrogen-bond acceptors (Lipinski definition) is 6. The molecule has 0 aliphatic rings. The van der Waals surface area contributed by atoms with Crippen molar-refractivity contribution in [1.82, 2.24) is 30.5 Å². The van der Waals surface area contributed by atoms with Gasteiger partial charge in [-0.3, -0.25) is 5.10 Å². The first-order valence-electron chi connectivity index (χ1n) is 6.77. The molecule has 0 aliphatic carbocycles. The highest BCUT2D eigenvalue weighted by molar-refractivity contribution is 5.46. The van der Waals surface area contributed by atoms with Gasteiger partial charge in [0.15, 0.2) is 0 Å². The predicted molar refractivity (Wildman–Crippen MR) is 75.5 cm³/mol. The van der Waals surface area contributed by atoms with Crippen LogP contribution in [-0.4, -0.2) is 30.5 Å². The van der Waals surface area contributed by atoms with Gasteiger partial charge in [-0.25, -0.2) is 0 Å². The summed E-state index contributed by atoms with van der Waals surface area (Å²) in [6.45, 7) is 5.94. The zero-order valence-electron chi connectivity index (χ0n) is 12.2. The lowest BCUT2D eigenvalue weighted by atomic mass is 10.1. The first kappa shape index (κ1) is 13.4. The van der Waals surface area contributed by atoms with Gasteiger partial charge in [0.1, 0.15) is 5.69 Å². The topological polar surface area (TPSA) is 93.4 Å². The maximum Gasteiger partial charge on any atom is 0.227 e. The van der Waals surface area contributed by atoms with Gasteiger partial charge in [0.25, 0.3) is 0 Å². The summed E-state index contributed by atoms with van der Waals surface area (Å²) >= 11 is 0. The first-order valence-corrected chi connectivity index (χ1v) is 6.77. The van der Waals surface area contributed by atoms with E-state index in [-0.39, 0.29) is 0 Å². The lowest BCUT2D eigenvalue weighted by Crippen LogP contribution is -1.95. The van der Waals surface area contributed by atoms with E-state index in [1.165, 1.54) is 5.56 Å². The molecule has 0 unspecified atom stereocenters. The summed E-state index contributed by atoms with van der Waals surface area (Å²) in [5.41, 5.74) is 4.77. The summed E-state index contributed by atoms with van der Waals surface area (Å²) in [4.78, 5) is 4.34. The number of aromatic amines is 1. The van der Waals surface area contributed by atoms with Crippen LogP contribution in [0.5, 0.6) is 0 Å². The largest absolute Gasteiger partial charge is 0.339 e. The molecule has 7 nitrogen and oxygen atoms in total. The Bertz CT molecular complexity index is 743. The number of aromatic nitrogens is 6. The quantitative estimate of drug-likeness (QED) is 0.787. The third-order valence-corrected chi connectivity index (χ3v) is 3.42. The molecule has 0 atom stereocenters. The van der Waals surface area contributed by atoms with Crippen molar-refractivity contribution >= 4 is 0 Å². The van der Waals surface area contributed by atoms with Crippen molar-refractivity contribution in [2.45, 2.75) is 33.6 Å². The number of nitrogens with one attached hydrogen (secondary N) is 1. The minimum absolute atomic E-state index is 0.465. The van der Waals surface area contributed by atoms with Gasteiger partial charge in [-0.15, -0.1) is 5.10 Å². The van der Waals surface area contributed by atoms with E-state index < -0.39 is 0 Å². The van der Waals surface area contributed by atoms with Gasteiger partial charge < -0.3 is 4.52 Å². The highest BCUT2D eigenvalue weighted by Crippen LogP contribution is 2.15. The van der Waals surface area contributed by atoms with Gasteiger partial charge in [0.2, 0.25) is 11.7 Å². The Labute approximate surface area is 121 Å². The average Bonchev–Trinajstić information content (AvgIpc) is 3.07. The third kappa shape index (κ3) is 2.81. The number of nitrogens with zero attached hydrogens (tertiary/aromatic N) is 5. The van der Waals surface area contributed by atoms with Crippen LogP contribution in [0.3, 0.4) is 0 Å². The third-order valence-electron chi connectivity index (χ3n) is 3.42. The Morgan fingerprint density at radius 1 is 1.10 bits per heavy atom. The molecule has 0 spiro atoms. The molecule has 21 heavy (non-hydrogen) atoms. The molecule has 0 bridgehead atoms. The summed E-state index contributed by atoms with van der Waals surface area (Å²) in [6.07, 6.45) is 1.41. The Kier molecular flexibility index (Phi) is 3.47. The molecular formula is C14H16N6O. The van der Waals surface area contributed by atoms with Gasteiger partial charge in [-0.2, -0.15) is 15.2 Å². The maximum absolute atomic E-state index is 5.25. The second kappa shape index (κ2) is 5.43. The molecule has 0 radical (unpaired) electrons. The Morgan fingerprint density at radius 2 is 1.95 bits per heavy atom. The molecule has 3 rings (SSSR count). The minimum atomic E-state index is 0.465. The highest BCUT2D eigenvalue weighted by Gasteiger charge is 2.12. The first-order chi connectivity index (χ1) is 10.1. The zero-order valence-corrected chi connectivity index (χ0v) is 12.2. The summed E-state index contributed by atoms with van der Waals surface area (Å²) in [5.74, 6) is 1.04. The molecule has 0 saturated heterocycles. The smallest absolute Gasteiger partial charge is 0.227 e. The van der Waals surface area contributed by atoms with Gasteiger partial charge >= 0.3 is 0 Å². The van der Waals surface area contributed by atoms with E-state index in [4.69, 9.17) is 4.52 Å².